The molecular formula is C67H52N2. The summed E-state index contributed by atoms with van der Waals surface area (Å²) in [6, 6.07) is 80.7. The molecule has 0 fully saturated rings. The number of rotatable bonds is 8. The van der Waals surface area contributed by atoms with E-state index in [9.17, 15) is 0 Å². The predicted octanol–water partition coefficient (Wildman–Crippen LogP) is 16.4. The van der Waals surface area contributed by atoms with Gasteiger partial charge in [0.15, 0.2) is 0 Å². The normalized spacial score (nSPS) is 15.7. The van der Waals surface area contributed by atoms with Gasteiger partial charge in [0.05, 0.1) is 6.04 Å². The van der Waals surface area contributed by atoms with Gasteiger partial charge < -0.3 is 9.80 Å². The van der Waals surface area contributed by atoms with Crippen molar-refractivity contribution in [1.82, 2.24) is 0 Å². The van der Waals surface area contributed by atoms with Crippen LogP contribution >= 0.6 is 0 Å². The van der Waals surface area contributed by atoms with Gasteiger partial charge in [0.1, 0.15) is 0 Å². The average molecular weight is 885 g/mol. The number of allylic oxidation sites excluding steroid dienone is 4. The maximum Gasteiger partial charge on any atom is 0.0566 e. The molecule has 0 aliphatic heterocycles. The first-order chi connectivity index (χ1) is 34.0. The molecule has 330 valence electrons. The summed E-state index contributed by atoms with van der Waals surface area (Å²) >= 11 is 0. The molecule has 13 rings (SSSR count). The molecule has 0 bridgehead atoms. The second-order valence-corrected chi connectivity index (χ2v) is 19.5. The van der Waals surface area contributed by atoms with E-state index in [0.717, 1.165) is 36.3 Å². The summed E-state index contributed by atoms with van der Waals surface area (Å²) in [5.74, 6) is 0. The van der Waals surface area contributed by atoms with Crippen molar-refractivity contribution in [3.63, 3.8) is 0 Å². The van der Waals surface area contributed by atoms with E-state index in [1.54, 1.807) is 0 Å². The molecule has 10 aromatic rings. The summed E-state index contributed by atoms with van der Waals surface area (Å²) < 4.78 is 0. The first-order valence-corrected chi connectivity index (χ1v) is 24.6. The average Bonchev–Trinajstić information content (AvgIpc) is 3.63. The number of anilines is 5. The first-order valence-electron chi connectivity index (χ1n) is 24.6. The number of benzene rings is 10. The lowest BCUT2D eigenvalue weighted by Gasteiger charge is -2.34. The molecule has 0 saturated heterocycles. The van der Waals surface area contributed by atoms with E-state index in [0.29, 0.717) is 0 Å². The maximum absolute atomic E-state index is 2.60. The van der Waals surface area contributed by atoms with Crippen molar-refractivity contribution >= 4 is 84.1 Å². The Balaban J connectivity index is 1.10. The summed E-state index contributed by atoms with van der Waals surface area (Å²) in [6.07, 6.45) is 10.6. The van der Waals surface area contributed by atoms with Crippen LogP contribution in [0.1, 0.15) is 49.8 Å². The van der Waals surface area contributed by atoms with Gasteiger partial charge in [-0.25, -0.2) is 0 Å². The Bertz CT molecular complexity index is 3840. The van der Waals surface area contributed by atoms with Crippen LogP contribution in [-0.2, 0) is 5.41 Å². The number of hydrogen-bond donors (Lipinski definition) is 0. The Labute approximate surface area is 404 Å². The molecule has 0 spiro atoms. The third kappa shape index (κ3) is 6.93. The topological polar surface area (TPSA) is 6.48 Å². The predicted molar refractivity (Wildman–Crippen MR) is 294 cm³/mol. The fourth-order valence-corrected chi connectivity index (χ4v) is 12.0. The van der Waals surface area contributed by atoms with Crippen molar-refractivity contribution in [3.05, 3.63) is 257 Å². The zero-order valence-corrected chi connectivity index (χ0v) is 39.1. The van der Waals surface area contributed by atoms with Gasteiger partial charge >= 0.3 is 0 Å². The highest BCUT2D eigenvalue weighted by Crippen LogP contribution is 2.52. The van der Waals surface area contributed by atoms with Crippen molar-refractivity contribution < 1.29 is 0 Å². The molecule has 3 aliphatic carbocycles. The smallest absolute Gasteiger partial charge is 0.0566 e. The maximum atomic E-state index is 2.60. The monoisotopic (exact) mass is 884 g/mol. The number of para-hydroxylation sites is 2. The quantitative estimate of drug-likeness (QED) is 0.150. The van der Waals surface area contributed by atoms with Crippen LogP contribution in [0.25, 0.3) is 66.7 Å². The van der Waals surface area contributed by atoms with Crippen LogP contribution in [0, 0.1) is 0 Å². The summed E-state index contributed by atoms with van der Waals surface area (Å²) in [5.41, 5.74) is 16.8. The standard InChI is InChI=1S/C67H52N2/c1-67(2)63-29-17-16-28-57(63)58-37-32-50(42-64(58)67)66-60-39-36-55(68(51-24-8-4-9-25-51)53-33-30-45-18-12-14-22-48(45)40-53)43-61(60)65(47-20-6-3-7-21-47)59-38-35-56(44-62(59)66)69(52-26-10-5-11-27-52)54-34-31-46-19-13-15-23-49(46)41-54/h3-31,33-35,38-44,55H,32,36-37H2,1-2H3. The Kier molecular flexibility index (Phi) is 9.83. The van der Waals surface area contributed by atoms with E-state index in [1.807, 2.05) is 0 Å². The van der Waals surface area contributed by atoms with Gasteiger partial charge in [0, 0.05) is 33.9 Å². The molecule has 0 aromatic heterocycles. The summed E-state index contributed by atoms with van der Waals surface area (Å²) in [6.45, 7) is 4.85. The lowest BCUT2D eigenvalue weighted by atomic mass is 9.76. The molecular weight excluding hydrogens is 833 g/mol. The second kappa shape index (κ2) is 16.5. The summed E-state index contributed by atoms with van der Waals surface area (Å²) in [5, 5.41) is 10.1. The minimum Gasteiger partial charge on any atom is -0.334 e. The SMILES string of the molecule is CC1(C)C2=C(CCC(c3c4c(c(-c5ccccc5)c5ccc(N(c6ccccc6)c6ccc7ccccc7c6)cc35)=CC(N(c3ccccc3)c3ccc5ccccc5c3)CC=4)=C2)c2ccccc21. The van der Waals surface area contributed by atoms with E-state index < -0.39 is 0 Å². The fourth-order valence-electron chi connectivity index (χ4n) is 12.0. The molecule has 3 aliphatic rings. The fraction of sp³-hybridized carbons (Fsp3) is 0.104. The molecule has 1 unspecified atom stereocenters. The Hall–Kier alpha value is -8.20. The van der Waals surface area contributed by atoms with Gasteiger partial charge in [0.25, 0.3) is 0 Å². The molecule has 10 aromatic carbocycles. The molecule has 0 heterocycles. The lowest BCUT2D eigenvalue weighted by Crippen LogP contribution is -2.41. The van der Waals surface area contributed by atoms with Gasteiger partial charge in [-0.15, -0.1) is 0 Å². The number of nitrogens with zero attached hydrogens (tertiary/aromatic N) is 2. The third-order valence-corrected chi connectivity index (χ3v) is 15.2. The van der Waals surface area contributed by atoms with Gasteiger partial charge in [-0.05, 0) is 167 Å². The van der Waals surface area contributed by atoms with Crippen LogP contribution in [0.15, 0.2) is 230 Å². The summed E-state index contributed by atoms with van der Waals surface area (Å²) in [4.78, 5) is 5.00. The van der Waals surface area contributed by atoms with Crippen molar-refractivity contribution in [2.24, 2.45) is 0 Å². The zero-order valence-electron chi connectivity index (χ0n) is 39.1. The van der Waals surface area contributed by atoms with Gasteiger partial charge in [-0.2, -0.15) is 0 Å². The molecule has 69 heavy (non-hydrogen) atoms. The Morgan fingerprint density at radius 1 is 0.449 bits per heavy atom. The highest BCUT2D eigenvalue weighted by atomic mass is 15.2. The van der Waals surface area contributed by atoms with Crippen LogP contribution in [0.2, 0.25) is 0 Å². The molecule has 2 nitrogen and oxygen atoms in total. The van der Waals surface area contributed by atoms with E-state index >= 15 is 0 Å². The Morgan fingerprint density at radius 2 is 1.03 bits per heavy atom. The first kappa shape index (κ1) is 41.0. The van der Waals surface area contributed by atoms with Crippen molar-refractivity contribution in [3.8, 4) is 11.1 Å². The van der Waals surface area contributed by atoms with Crippen LogP contribution in [0.5, 0.6) is 0 Å². The van der Waals surface area contributed by atoms with Crippen LogP contribution in [0.3, 0.4) is 0 Å². The molecule has 0 N–H and O–H groups in total. The summed E-state index contributed by atoms with van der Waals surface area (Å²) in [7, 11) is 0. The minimum absolute atomic E-state index is 0.0625. The highest BCUT2D eigenvalue weighted by Gasteiger charge is 2.38. The zero-order chi connectivity index (χ0) is 46.1. The highest BCUT2D eigenvalue weighted by molar-refractivity contribution is 6.07. The van der Waals surface area contributed by atoms with Crippen molar-refractivity contribution in [2.45, 2.75) is 44.6 Å². The molecule has 0 amide bonds. The third-order valence-electron chi connectivity index (χ3n) is 15.2. The second-order valence-electron chi connectivity index (χ2n) is 19.5. The van der Waals surface area contributed by atoms with E-state index in [2.05, 4.69) is 260 Å². The number of hydrogen-bond acceptors (Lipinski definition) is 2. The lowest BCUT2D eigenvalue weighted by molar-refractivity contribution is 0.652. The molecule has 2 heteroatoms. The molecule has 0 saturated carbocycles. The molecule has 0 radical (unpaired) electrons. The van der Waals surface area contributed by atoms with E-state index in [1.165, 1.54) is 98.7 Å². The van der Waals surface area contributed by atoms with E-state index in [-0.39, 0.29) is 11.5 Å². The number of fused-ring (bicyclic) bond motifs is 6. The van der Waals surface area contributed by atoms with Crippen molar-refractivity contribution in [2.75, 3.05) is 9.80 Å². The van der Waals surface area contributed by atoms with Crippen LogP contribution in [0.4, 0.5) is 28.4 Å². The Morgan fingerprint density at radius 3 is 1.75 bits per heavy atom. The van der Waals surface area contributed by atoms with Gasteiger partial charge in [-0.1, -0.05) is 190 Å². The van der Waals surface area contributed by atoms with E-state index in [4.69, 9.17) is 0 Å². The van der Waals surface area contributed by atoms with Gasteiger partial charge in [0.2, 0.25) is 0 Å². The largest absolute Gasteiger partial charge is 0.334 e. The minimum atomic E-state index is -0.0975. The van der Waals surface area contributed by atoms with Crippen LogP contribution < -0.4 is 20.2 Å². The van der Waals surface area contributed by atoms with Gasteiger partial charge in [-0.3, -0.25) is 0 Å². The van der Waals surface area contributed by atoms with Crippen molar-refractivity contribution in [1.29, 1.82) is 0 Å². The molecule has 1 atom stereocenters. The van der Waals surface area contributed by atoms with Crippen LogP contribution in [-0.4, -0.2) is 6.04 Å².